The first-order valence-electron chi connectivity index (χ1n) is 6.83. The zero-order chi connectivity index (χ0) is 16.8. The van der Waals surface area contributed by atoms with Crippen molar-refractivity contribution in [3.63, 3.8) is 0 Å². The highest BCUT2D eigenvalue weighted by atomic mass is 16.5. The van der Waals surface area contributed by atoms with E-state index < -0.39 is 5.91 Å². The molecule has 23 heavy (non-hydrogen) atoms. The molecule has 2 aromatic carbocycles. The first-order valence-corrected chi connectivity index (χ1v) is 6.83. The summed E-state index contributed by atoms with van der Waals surface area (Å²) in [5, 5.41) is 0. The Labute approximate surface area is 133 Å². The third kappa shape index (κ3) is 4.00. The minimum absolute atomic E-state index is 0.167. The summed E-state index contributed by atoms with van der Waals surface area (Å²) in [7, 11) is 3.01. The average molecular weight is 315 g/mol. The van der Waals surface area contributed by atoms with Crippen molar-refractivity contribution in [1.29, 1.82) is 0 Å². The molecule has 0 spiro atoms. The molecule has 120 valence electrons. The highest BCUT2D eigenvalue weighted by molar-refractivity contribution is 6.00. The summed E-state index contributed by atoms with van der Waals surface area (Å²) in [6.45, 7) is -0.167. The summed E-state index contributed by atoms with van der Waals surface area (Å²) >= 11 is 0. The van der Waals surface area contributed by atoms with Crippen molar-refractivity contribution in [3.8, 4) is 17.2 Å². The van der Waals surface area contributed by atoms with Gasteiger partial charge < -0.3 is 19.9 Å². The number of amides is 1. The van der Waals surface area contributed by atoms with Crippen molar-refractivity contribution in [3.05, 3.63) is 53.6 Å². The number of rotatable bonds is 7. The van der Waals surface area contributed by atoms with Gasteiger partial charge in [-0.3, -0.25) is 9.59 Å². The van der Waals surface area contributed by atoms with E-state index in [1.54, 1.807) is 30.3 Å². The van der Waals surface area contributed by atoms with Gasteiger partial charge in [0, 0.05) is 5.56 Å². The van der Waals surface area contributed by atoms with E-state index in [9.17, 15) is 9.59 Å². The van der Waals surface area contributed by atoms with Gasteiger partial charge in [-0.25, -0.2) is 0 Å². The molecule has 2 rings (SSSR count). The topological polar surface area (TPSA) is 87.8 Å². The Morgan fingerprint density at radius 2 is 1.61 bits per heavy atom. The number of ketones is 1. The van der Waals surface area contributed by atoms with E-state index in [1.165, 1.54) is 26.4 Å². The maximum absolute atomic E-state index is 12.3. The predicted octanol–water partition coefficient (Wildman–Crippen LogP) is 2.06. The van der Waals surface area contributed by atoms with Gasteiger partial charge >= 0.3 is 0 Å². The maximum atomic E-state index is 12.3. The zero-order valence-electron chi connectivity index (χ0n) is 12.9. The molecule has 0 fully saturated rings. The first-order chi connectivity index (χ1) is 11.0. The van der Waals surface area contributed by atoms with Crippen LogP contribution >= 0.6 is 0 Å². The Hall–Kier alpha value is -3.02. The second-order valence-electron chi connectivity index (χ2n) is 4.67. The number of Topliss-reactive ketones (excluding diaryl/α,β-unsaturated/α-hetero) is 1. The lowest BCUT2D eigenvalue weighted by Crippen LogP contribution is -2.13. The van der Waals surface area contributed by atoms with Crippen LogP contribution in [0.15, 0.2) is 42.5 Å². The van der Waals surface area contributed by atoms with Crippen molar-refractivity contribution in [1.82, 2.24) is 0 Å². The van der Waals surface area contributed by atoms with Crippen LogP contribution in [0, 0.1) is 0 Å². The quantitative estimate of drug-likeness (QED) is 0.790. The number of hydrogen-bond acceptors (Lipinski definition) is 5. The fraction of sp³-hybridized carbons (Fsp3) is 0.176. The van der Waals surface area contributed by atoms with E-state index in [1.807, 2.05) is 0 Å². The molecule has 0 aliphatic rings. The highest BCUT2D eigenvalue weighted by Gasteiger charge is 2.14. The number of methoxy groups -OCH3 is 2. The Bertz CT molecular complexity index is 709. The van der Waals surface area contributed by atoms with E-state index in [-0.39, 0.29) is 12.4 Å². The molecule has 0 saturated heterocycles. The SMILES string of the molecule is COc1ccc(OC)c(C(=O)COc2ccc(C(N)=O)cc2)c1. The van der Waals surface area contributed by atoms with Crippen molar-refractivity contribution < 1.29 is 23.8 Å². The molecule has 0 unspecified atom stereocenters. The second-order valence-corrected chi connectivity index (χ2v) is 4.67. The van der Waals surface area contributed by atoms with E-state index in [2.05, 4.69) is 0 Å². The van der Waals surface area contributed by atoms with Crippen LogP contribution in [-0.2, 0) is 0 Å². The first kappa shape index (κ1) is 16.4. The normalized spacial score (nSPS) is 10.0. The fourth-order valence-electron chi connectivity index (χ4n) is 1.97. The average Bonchev–Trinajstić information content (AvgIpc) is 2.59. The van der Waals surface area contributed by atoms with Crippen molar-refractivity contribution in [2.24, 2.45) is 5.73 Å². The third-order valence-corrected chi connectivity index (χ3v) is 3.22. The van der Waals surface area contributed by atoms with Gasteiger partial charge in [0.25, 0.3) is 0 Å². The largest absolute Gasteiger partial charge is 0.497 e. The fourth-order valence-corrected chi connectivity index (χ4v) is 1.97. The molecule has 0 atom stereocenters. The Morgan fingerprint density at radius 3 is 2.17 bits per heavy atom. The van der Waals surface area contributed by atoms with Gasteiger partial charge in [0.1, 0.15) is 17.2 Å². The maximum Gasteiger partial charge on any atom is 0.248 e. The summed E-state index contributed by atoms with van der Waals surface area (Å²) in [5.41, 5.74) is 5.91. The molecule has 0 aromatic heterocycles. The van der Waals surface area contributed by atoms with Crippen molar-refractivity contribution in [2.45, 2.75) is 0 Å². The van der Waals surface area contributed by atoms with Gasteiger partial charge in [-0.15, -0.1) is 0 Å². The molecule has 6 nitrogen and oxygen atoms in total. The molecule has 6 heteroatoms. The lowest BCUT2D eigenvalue weighted by Gasteiger charge is -2.10. The minimum atomic E-state index is -0.520. The van der Waals surface area contributed by atoms with E-state index in [4.69, 9.17) is 19.9 Å². The van der Waals surface area contributed by atoms with Crippen molar-refractivity contribution >= 4 is 11.7 Å². The predicted molar refractivity (Wildman–Crippen MR) is 84.3 cm³/mol. The van der Waals surface area contributed by atoms with Gasteiger partial charge in [-0.1, -0.05) is 0 Å². The number of primary amides is 1. The minimum Gasteiger partial charge on any atom is -0.497 e. The summed E-state index contributed by atoms with van der Waals surface area (Å²) in [5.74, 6) is 0.696. The van der Waals surface area contributed by atoms with Crippen LogP contribution in [0.25, 0.3) is 0 Å². The van der Waals surface area contributed by atoms with Crippen LogP contribution in [-0.4, -0.2) is 32.5 Å². The van der Waals surface area contributed by atoms with Crippen LogP contribution in [0.5, 0.6) is 17.2 Å². The van der Waals surface area contributed by atoms with Crippen LogP contribution in [0.3, 0.4) is 0 Å². The van der Waals surface area contributed by atoms with Crippen molar-refractivity contribution in [2.75, 3.05) is 20.8 Å². The molecule has 0 radical (unpaired) electrons. The van der Waals surface area contributed by atoms with Crippen LogP contribution in [0.4, 0.5) is 0 Å². The number of ether oxygens (including phenoxy) is 3. The number of hydrogen-bond donors (Lipinski definition) is 1. The summed E-state index contributed by atoms with van der Waals surface area (Å²) in [6.07, 6.45) is 0. The lowest BCUT2D eigenvalue weighted by molar-refractivity contribution is 0.0917. The molecule has 2 N–H and O–H groups in total. The number of benzene rings is 2. The van der Waals surface area contributed by atoms with Gasteiger partial charge in [-0.05, 0) is 42.5 Å². The highest BCUT2D eigenvalue weighted by Crippen LogP contribution is 2.24. The Morgan fingerprint density at radius 1 is 0.957 bits per heavy atom. The molecule has 2 aromatic rings. The smallest absolute Gasteiger partial charge is 0.248 e. The summed E-state index contributed by atoms with van der Waals surface area (Å²) in [4.78, 5) is 23.3. The third-order valence-electron chi connectivity index (χ3n) is 3.22. The number of nitrogens with two attached hydrogens (primary N) is 1. The number of carbonyl (C=O) groups is 2. The van der Waals surface area contributed by atoms with Gasteiger partial charge in [0.2, 0.25) is 11.7 Å². The molecular weight excluding hydrogens is 298 g/mol. The molecular formula is C17H17NO5. The second kappa shape index (κ2) is 7.31. The molecule has 0 aliphatic carbocycles. The monoisotopic (exact) mass is 315 g/mol. The summed E-state index contributed by atoms with van der Waals surface area (Å²) in [6, 6.07) is 11.2. The molecule has 0 aliphatic heterocycles. The van der Waals surface area contributed by atoms with E-state index >= 15 is 0 Å². The zero-order valence-corrected chi connectivity index (χ0v) is 12.9. The number of carbonyl (C=O) groups excluding carboxylic acids is 2. The Kier molecular flexibility index (Phi) is 5.19. The van der Waals surface area contributed by atoms with Crippen LogP contribution < -0.4 is 19.9 Å². The lowest BCUT2D eigenvalue weighted by atomic mass is 10.1. The standard InChI is InChI=1S/C17H17NO5/c1-21-13-7-8-16(22-2)14(9-13)15(19)10-23-12-5-3-11(4-6-12)17(18)20/h3-9H,10H2,1-2H3,(H2,18,20). The van der Waals surface area contributed by atoms with Crippen LogP contribution in [0.2, 0.25) is 0 Å². The van der Waals surface area contributed by atoms with Gasteiger partial charge in [0.15, 0.2) is 6.61 Å². The van der Waals surface area contributed by atoms with Gasteiger partial charge in [-0.2, -0.15) is 0 Å². The molecule has 0 saturated carbocycles. The molecule has 1 amide bonds. The molecule has 0 bridgehead atoms. The van der Waals surface area contributed by atoms with Crippen LogP contribution in [0.1, 0.15) is 20.7 Å². The van der Waals surface area contributed by atoms with E-state index in [0.717, 1.165) is 0 Å². The van der Waals surface area contributed by atoms with Gasteiger partial charge in [0.05, 0.1) is 19.8 Å². The summed E-state index contributed by atoms with van der Waals surface area (Å²) < 4.78 is 15.7. The van der Waals surface area contributed by atoms with E-state index in [0.29, 0.717) is 28.4 Å². The molecule has 0 heterocycles. The Balaban J connectivity index is 2.08.